The Labute approximate surface area is 173 Å². The molecule has 1 N–H and O–H groups in total. The molecule has 29 heavy (non-hydrogen) atoms. The van der Waals surface area contributed by atoms with Gasteiger partial charge in [0.2, 0.25) is 5.88 Å². The third kappa shape index (κ3) is 5.96. The zero-order valence-corrected chi connectivity index (χ0v) is 17.3. The molecular formula is C22H22N2O4S. The fraction of sp³-hybridized carbons (Fsp3) is 0.227. The normalized spacial score (nSPS) is 10.6. The van der Waals surface area contributed by atoms with Crippen molar-refractivity contribution in [1.82, 2.24) is 5.16 Å². The predicted octanol–water partition coefficient (Wildman–Crippen LogP) is 4.54. The number of thioether (sulfide) groups is 1. The van der Waals surface area contributed by atoms with E-state index in [0.717, 1.165) is 21.6 Å². The summed E-state index contributed by atoms with van der Waals surface area (Å²) in [6.07, 6.45) is 0. The second-order valence-electron chi connectivity index (χ2n) is 6.71. The van der Waals surface area contributed by atoms with E-state index in [1.165, 1.54) is 17.3 Å². The Kier molecular flexibility index (Phi) is 6.72. The lowest BCUT2D eigenvalue weighted by molar-refractivity contribution is -0.144. The number of nitrogens with one attached hydrogen (secondary N) is 1. The molecule has 150 valence electrons. The van der Waals surface area contributed by atoms with Crippen LogP contribution < -0.4 is 5.32 Å². The van der Waals surface area contributed by atoms with Gasteiger partial charge in [-0.1, -0.05) is 52.7 Å². The van der Waals surface area contributed by atoms with Crippen molar-refractivity contribution in [3.63, 3.8) is 0 Å². The minimum atomic E-state index is -0.485. The number of aryl methyl sites for hydroxylation is 3. The van der Waals surface area contributed by atoms with Gasteiger partial charge in [0, 0.05) is 16.5 Å². The molecule has 0 aliphatic rings. The van der Waals surface area contributed by atoms with Gasteiger partial charge in [-0.25, -0.2) is 0 Å². The van der Waals surface area contributed by atoms with Crippen LogP contribution in [0.4, 0.5) is 5.88 Å². The first-order valence-electron chi connectivity index (χ1n) is 9.10. The SMILES string of the molecule is Cc1ccc(-c2cc(NC(=O)COC(=O)CSc3ccc(C)cc3C)on2)cc1. The summed E-state index contributed by atoms with van der Waals surface area (Å²) in [6.45, 7) is 5.63. The number of hydrogen-bond donors (Lipinski definition) is 1. The van der Waals surface area contributed by atoms with Crippen molar-refractivity contribution in [2.45, 2.75) is 25.7 Å². The zero-order valence-electron chi connectivity index (χ0n) is 16.5. The summed E-state index contributed by atoms with van der Waals surface area (Å²) in [5, 5.41) is 6.48. The average molecular weight is 410 g/mol. The molecule has 1 amide bonds. The zero-order chi connectivity index (χ0) is 20.8. The van der Waals surface area contributed by atoms with E-state index in [2.05, 4.69) is 16.5 Å². The second kappa shape index (κ2) is 9.43. The molecule has 1 heterocycles. The van der Waals surface area contributed by atoms with Gasteiger partial charge in [-0.2, -0.15) is 0 Å². The molecule has 0 atom stereocenters. The fourth-order valence-electron chi connectivity index (χ4n) is 2.65. The number of ether oxygens (including phenoxy) is 1. The van der Waals surface area contributed by atoms with Crippen LogP contribution in [0.1, 0.15) is 16.7 Å². The number of rotatable bonds is 7. The molecule has 6 nitrogen and oxygen atoms in total. The van der Waals surface area contributed by atoms with Gasteiger partial charge >= 0.3 is 5.97 Å². The van der Waals surface area contributed by atoms with Crippen LogP contribution in [0.25, 0.3) is 11.3 Å². The average Bonchev–Trinajstić information content (AvgIpc) is 3.14. The van der Waals surface area contributed by atoms with Crippen molar-refractivity contribution < 1.29 is 18.8 Å². The molecule has 2 aromatic carbocycles. The predicted molar refractivity (Wildman–Crippen MR) is 113 cm³/mol. The van der Waals surface area contributed by atoms with Crippen LogP contribution in [0.2, 0.25) is 0 Å². The molecule has 0 saturated heterocycles. The molecule has 0 fully saturated rings. The summed E-state index contributed by atoms with van der Waals surface area (Å²) in [7, 11) is 0. The van der Waals surface area contributed by atoms with Gasteiger partial charge in [0.05, 0.1) is 5.75 Å². The summed E-state index contributed by atoms with van der Waals surface area (Å²) >= 11 is 1.39. The van der Waals surface area contributed by atoms with E-state index < -0.39 is 11.9 Å². The first-order chi connectivity index (χ1) is 13.9. The number of anilines is 1. The molecule has 3 rings (SSSR count). The van der Waals surface area contributed by atoms with Crippen molar-refractivity contribution in [3.05, 3.63) is 65.2 Å². The van der Waals surface area contributed by atoms with Gasteiger partial charge in [0.25, 0.3) is 5.91 Å². The van der Waals surface area contributed by atoms with E-state index in [4.69, 9.17) is 9.26 Å². The van der Waals surface area contributed by atoms with Crippen LogP contribution in [0.5, 0.6) is 0 Å². The van der Waals surface area contributed by atoms with Crippen molar-refractivity contribution in [1.29, 1.82) is 0 Å². The highest BCUT2D eigenvalue weighted by Gasteiger charge is 2.12. The topological polar surface area (TPSA) is 81.4 Å². The number of esters is 1. The second-order valence-corrected chi connectivity index (χ2v) is 7.73. The first-order valence-corrected chi connectivity index (χ1v) is 10.1. The third-order valence-electron chi connectivity index (χ3n) is 4.16. The molecule has 0 unspecified atom stereocenters. The van der Waals surface area contributed by atoms with E-state index in [1.54, 1.807) is 6.07 Å². The van der Waals surface area contributed by atoms with Gasteiger partial charge < -0.3 is 9.26 Å². The summed E-state index contributed by atoms with van der Waals surface area (Å²) < 4.78 is 10.2. The van der Waals surface area contributed by atoms with E-state index in [-0.39, 0.29) is 18.2 Å². The maximum atomic E-state index is 12.0. The first kappa shape index (κ1) is 20.7. The number of hydrogen-bond acceptors (Lipinski definition) is 6. The van der Waals surface area contributed by atoms with E-state index in [0.29, 0.717) is 5.69 Å². The Hall–Kier alpha value is -3.06. The van der Waals surface area contributed by atoms with Gasteiger partial charge in [-0.3, -0.25) is 14.9 Å². The summed E-state index contributed by atoms with van der Waals surface area (Å²) in [5.74, 6) is -0.604. The Morgan fingerprint density at radius 1 is 1.03 bits per heavy atom. The van der Waals surface area contributed by atoms with Crippen LogP contribution in [0.15, 0.2) is 57.9 Å². The fourth-order valence-corrected chi connectivity index (χ4v) is 3.46. The van der Waals surface area contributed by atoms with Gasteiger partial charge in [0.1, 0.15) is 5.69 Å². The maximum absolute atomic E-state index is 12.0. The molecule has 0 aliphatic heterocycles. The van der Waals surface area contributed by atoms with E-state index in [9.17, 15) is 9.59 Å². The Balaban J connectivity index is 1.45. The van der Waals surface area contributed by atoms with Crippen LogP contribution in [0, 0.1) is 20.8 Å². The Bertz CT molecular complexity index is 1010. The van der Waals surface area contributed by atoms with Crippen molar-refractivity contribution in [3.8, 4) is 11.3 Å². The Morgan fingerprint density at radius 2 is 1.76 bits per heavy atom. The van der Waals surface area contributed by atoms with Crippen molar-refractivity contribution in [2.75, 3.05) is 17.7 Å². The van der Waals surface area contributed by atoms with Gasteiger partial charge in [-0.15, -0.1) is 11.8 Å². The van der Waals surface area contributed by atoms with Crippen LogP contribution in [0.3, 0.4) is 0 Å². The lowest BCUT2D eigenvalue weighted by atomic mass is 10.1. The van der Waals surface area contributed by atoms with Crippen LogP contribution >= 0.6 is 11.8 Å². The number of carbonyl (C=O) groups excluding carboxylic acids is 2. The maximum Gasteiger partial charge on any atom is 0.316 e. The standard InChI is InChI=1S/C22H22N2O4S/c1-14-4-7-17(8-5-14)18-11-21(28-24-18)23-20(25)12-27-22(26)13-29-19-9-6-15(2)10-16(19)3/h4-11H,12-13H2,1-3H3,(H,23,25). The van der Waals surface area contributed by atoms with E-state index >= 15 is 0 Å². The third-order valence-corrected chi connectivity index (χ3v) is 5.31. The highest BCUT2D eigenvalue weighted by Crippen LogP contribution is 2.24. The number of carbonyl (C=O) groups is 2. The minimum absolute atomic E-state index is 0.136. The number of nitrogens with zero attached hydrogens (tertiary/aromatic N) is 1. The molecular weight excluding hydrogens is 388 g/mol. The van der Waals surface area contributed by atoms with E-state index in [1.807, 2.05) is 57.2 Å². The van der Waals surface area contributed by atoms with Gasteiger partial charge in [-0.05, 0) is 32.4 Å². The summed E-state index contributed by atoms with van der Waals surface area (Å²) in [6, 6.07) is 15.4. The number of amides is 1. The highest BCUT2D eigenvalue weighted by atomic mass is 32.2. The molecule has 0 bridgehead atoms. The number of benzene rings is 2. The molecule has 0 saturated carbocycles. The minimum Gasteiger partial charge on any atom is -0.455 e. The molecule has 0 spiro atoms. The molecule has 3 aromatic rings. The monoisotopic (exact) mass is 410 g/mol. The van der Waals surface area contributed by atoms with Crippen LogP contribution in [-0.4, -0.2) is 29.4 Å². The molecule has 0 aliphatic carbocycles. The molecule has 1 aromatic heterocycles. The Morgan fingerprint density at radius 3 is 2.48 bits per heavy atom. The van der Waals surface area contributed by atoms with Crippen LogP contribution in [-0.2, 0) is 14.3 Å². The highest BCUT2D eigenvalue weighted by molar-refractivity contribution is 8.00. The van der Waals surface area contributed by atoms with Crippen molar-refractivity contribution in [2.24, 2.45) is 0 Å². The summed E-state index contributed by atoms with van der Waals surface area (Å²) in [4.78, 5) is 24.9. The van der Waals surface area contributed by atoms with Gasteiger partial charge in [0.15, 0.2) is 6.61 Å². The van der Waals surface area contributed by atoms with Crippen molar-refractivity contribution >= 4 is 29.5 Å². The molecule has 7 heteroatoms. The lowest BCUT2D eigenvalue weighted by Crippen LogP contribution is -2.21. The largest absolute Gasteiger partial charge is 0.455 e. The lowest BCUT2D eigenvalue weighted by Gasteiger charge is -2.07. The quantitative estimate of drug-likeness (QED) is 0.455. The molecule has 0 radical (unpaired) electrons. The summed E-state index contributed by atoms with van der Waals surface area (Å²) in [5.41, 5.74) is 4.92. The number of aromatic nitrogens is 1. The smallest absolute Gasteiger partial charge is 0.316 e.